The maximum Gasteiger partial charge on any atom is 0.247 e. The Morgan fingerprint density at radius 3 is 2.43 bits per heavy atom. The second-order valence-corrected chi connectivity index (χ2v) is 4.31. The molecule has 0 N–H and O–H groups in total. The summed E-state index contributed by atoms with van der Waals surface area (Å²) in [7, 11) is 0. The lowest BCUT2D eigenvalue weighted by molar-refractivity contribution is -0.611. The largest absolute Gasteiger partial charge is 0.711 e. The predicted octanol–water partition coefficient (Wildman–Crippen LogP) is 2.24. The van der Waals surface area contributed by atoms with Gasteiger partial charge in [-0.2, -0.15) is 0 Å². The fraction of sp³-hybridized carbons (Fsp3) is 0.727. The second kappa shape index (κ2) is 3.64. The first kappa shape index (κ1) is 9.56. The smallest absolute Gasteiger partial charge is 0.247 e. The predicted molar refractivity (Wildman–Crippen MR) is 55.0 cm³/mol. The van der Waals surface area contributed by atoms with Crippen molar-refractivity contribution in [1.29, 1.82) is 0 Å². The summed E-state index contributed by atoms with van der Waals surface area (Å²) in [6.45, 7) is 3.93. The third-order valence-electron chi connectivity index (χ3n) is 3.44. The highest BCUT2D eigenvalue weighted by atomic mass is 16.5. The number of imidazole rings is 1. The topological polar surface area (TPSA) is 31.9 Å². The average molecular weight is 194 g/mol. The molecule has 0 aliphatic heterocycles. The van der Waals surface area contributed by atoms with Gasteiger partial charge in [-0.05, 0) is 25.7 Å². The van der Waals surface area contributed by atoms with Crippen LogP contribution in [0.5, 0.6) is 0 Å². The summed E-state index contributed by atoms with van der Waals surface area (Å²) in [6.07, 6.45) is 8.14. The van der Waals surface area contributed by atoms with Crippen LogP contribution in [0.25, 0.3) is 0 Å². The molecule has 0 atom stereocenters. The molecule has 2 rings (SSSR count). The number of hydrogen-bond acceptors (Lipinski definition) is 1. The van der Waals surface area contributed by atoms with E-state index in [0.717, 1.165) is 16.1 Å². The summed E-state index contributed by atoms with van der Waals surface area (Å²) in [4.78, 5) is 0. The molecule has 1 aromatic rings. The molecule has 78 valence electrons. The average Bonchev–Trinajstić information content (AvgIpc) is 2.47. The third kappa shape index (κ3) is 1.51. The molecule has 1 aromatic heterocycles. The van der Waals surface area contributed by atoms with E-state index >= 15 is 0 Å². The first-order valence-corrected chi connectivity index (χ1v) is 5.47. The summed E-state index contributed by atoms with van der Waals surface area (Å²) in [6, 6.07) is 0.567. The van der Waals surface area contributed by atoms with E-state index in [4.69, 9.17) is 0 Å². The van der Waals surface area contributed by atoms with Crippen molar-refractivity contribution in [3.8, 4) is 0 Å². The van der Waals surface area contributed by atoms with Crippen LogP contribution in [0.2, 0.25) is 0 Å². The van der Waals surface area contributed by atoms with Gasteiger partial charge in [0.25, 0.3) is 0 Å². The highest BCUT2D eigenvalue weighted by Gasteiger charge is 2.23. The van der Waals surface area contributed by atoms with E-state index in [0.29, 0.717) is 6.04 Å². The third-order valence-corrected chi connectivity index (χ3v) is 3.44. The maximum atomic E-state index is 11.4. The fourth-order valence-corrected chi connectivity index (χ4v) is 2.36. The van der Waals surface area contributed by atoms with Crippen molar-refractivity contribution in [2.24, 2.45) is 0 Å². The van der Waals surface area contributed by atoms with Gasteiger partial charge in [-0.25, -0.2) is 9.30 Å². The minimum Gasteiger partial charge on any atom is -0.711 e. The standard InChI is InChI=1S/C11H18N2O/c1-9-10(2)13(14)8-12(9)11-6-4-3-5-7-11/h8,11H,3-7H2,1-2H3. The lowest BCUT2D eigenvalue weighted by atomic mass is 9.95. The minimum atomic E-state index is 0.567. The van der Waals surface area contributed by atoms with Crippen LogP contribution in [-0.2, 0) is 0 Å². The van der Waals surface area contributed by atoms with Gasteiger partial charge in [0.1, 0.15) is 17.4 Å². The van der Waals surface area contributed by atoms with E-state index in [1.807, 2.05) is 13.8 Å². The van der Waals surface area contributed by atoms with Crippen molar-refractivity contribution >= 4 is 0 Å². The molecule has 1 heterocycles. The normalized spacial score (nSPS) is 18.7. The van der Waals surface area contributed by atoms with Crippen molar-refractivity contribution in [2.75, 3.05) is 0 Å². The number of nitrogens with zero attached hydrogens (tertiary/aromatic N) is 2. The van der Waals surface area contributed by atoms with E-state index in [1.54, 1.807) is 6.33 Å². The van der Waals surface area contributed by atoms with Crippen molar-refractivity contribution in [3.05, 3.63) is 22.9 Å². The summed E-state index contributed by atoms with van der Waals surface area (Å²) in [5.74, 6) is 0. The van der Waals surface area contributed by atoms with Gasteiger partial charge in [0.15, 0.2) is 0 Å². The number of aromatic nitrogens is 2. The van der Waals surface area contributed by atoms with Crippen LogP contribution in [0, 0.1) is 19.1 Å². The zero-order valence-corrected chi connectivity index (χ0v) is 8.99. The summed E-state index contributed by atoms with van der Waals surface area (Å²) in [5.41, 5.74) is 1.97. The molecule has 0 unspecified atom stereocenters. The molecule has 1 aliphatic rings. The molecule has 1 aliphatic carbocycles. The van der Waals surface area contributed by atoms with Crippen LogP contribution in [0.4, 0.5) is 0 Å². The Balaban J connectivity index is 2.26. The first-order valence-electron chi connectivity index (χ1n) is 5.47. The Labute approximate surface area is 84.9 Å². The zero-order valence-electron chi connectivity index (χ0n) is 8.99. The molecule has 1 fully saturated rings. The van der Waals surface area contributed by atoms with E-state index < -0.39 is 0 Å². The molecule has 0 aromatic carbocycles. The Kier molecular flexibility index (Phi) is 2.48. The van der Waals surface area contributed by atoms with Gasteiger partial charge in [-0.1, -0.05) is 6.42 Å². The SMILES string of the molecule is Cc1c(C)[n+]([O-])cn1C1CCCCC1. The molecule has 0 bridgehead atoms. The number of rotatable bonds is 1. The van der Waals surface area contributed by atoms with Gasteiger partial charge < -0.3 is 5.21 Å². The first-order chi connectivity index (χ1) is 6.70. The van der Waals surface area contributed by atoms with Crippen LogP contribution < -0.4 is 4.73 Å². The highest BCUT2D eigenvalue weighted by molar-refractivity contribution is 5.04. The minimum absolute atomic E-state index is 0.567. The summed E-state index contributed by atoms with van der Waals surface area (Å²) in [5, 5.41) is 11.4. The Bertz CT molecular complexity index is 324. The number of hydrogen-bond donors (Lipinski definition) is 0. The van der Waals surface area contributed by atoms with Crippen molar-refractivity contribution in [1.82, 2.24) is 4.57 Å². The molecular weight excluding hydrogens is 176 g/mol. The molecular formula is C11H18N2O. The van der Waals surface area contributed by atoms with Crippen LogP contribution in [0.1, 0.15) is 49.5 Å². The molecule has 14 heavy (non-hydrogen) atoms. The lowest BCUT2D eigenvalue weighted by Crippen LogP contribution is -2.26. The highest BCUT2D eigenvalue weighted by Crippen LogP contribution is 2.29. The van der Waals surface area contributed by atoms with Crippen molar-refractivity contribution in [3.63, 3.8) is 0 Å². The van der Waals surface area contributed by atoms with Crippen molar-refractivity contribution < 1.29 is 4.73 Å². The van der Waals surface area contributed by atoms with Gasteiger partial charge in [0.2, 0.25) is 6.33 Å². The lowest BCUT2D eigenvalue weighted by Gasteiger charge is -2.19. The molecule has 3 heteroatoms. The quantitative estimate of drug-likeness (QED) is 0.498. The van der Waals surface area contributed by atoms with Gasteiger partial charge in [0.05, 0.1) is 0 Å². The van der Waals surface area contributed by atoms with E-state index in [-0.39, 0.29) is 0 Å². The van der Waals surface area contributed by atoms with E-state index in [9.17, 15) is 5.21 Å². The monoisotopic (exact) mass is 194 g/mol. The molecule has 1 saturated carbocycles. The summed E-state index contributed by atoms with van der Waals surface area (Å²) >= 11 is 0. The second-order valence-electron chi connectivity index (χ2n) is 4.31. The molecule has 0 amide bonds. The molecule has 0 saturated heterocycles. The van der Waals surface area contributed by atoms with E-state index in [2.05, 4.69) is 4.57 Å². The van der Waals surface area contributed by atoms with Crippen LogP contribution in [0.3, 0.4) is 0 Å². The van der Waals surface area contributed by atoms with Crippen LogP contribution in [0.15, 0.2) is 6.33 Å². The van der Waals surface area contributed by atoms with Gasteiger partial charge in [0, 0.05) is 13.8 Å². The Morgan fingerprint density at radius 1 is 1.29 bits per heavy atom. The van der Waals surface area contributed by atoms with Gasteiger partial charge >= 0.3 is 0 Å². The van der Waals surface area contributed by atoms with Gasteiger partial charge in [-0.3, -0.25) is 0 Å². The fourth-order valence-electron chi connectivity index (χ4n) is 2.36. The molecule has 3 nitrogen and oxygen atoms in total. The Morgan fingerprint density at radius 2 is 1.93 bits per heavy atom. The van der Waals surface area contributed by atoms with Crippen LogP contribution >= 0.6 is 0 Å². The Hall–Kier alpha value is -0.990. The molecule has 0 spiro atoms. The maximum absolute atomic E-state index is 11.4. The zero-order chi connectivity index (χ0) is 10.1. The van der Waals surface area contributed by atoms with Crippen molar-refractivity contribution in [2.45, 2.75) is 52.0 Å². The van der Waals surface area contributed by atoms with Crippen LogP contribution in [-0.4, -0.2) is 4.57 Å². The van der Waals surface area contributed by atoms with Gasteiger partial charge in [-0.15, -0.1) is 0 Å². The van der Waals surface area contributed by atoms with E-state index in [1.165, 1.54) is 32.1 Å². The molecule has 0 radical (unpaired) electrons. The summed E-state index contributed by atoms with van der Waals surface area (Å²) < 4.78 is 3.16.